The molecule has 0 aliphatic carbocycles. The van der Waals surface area contributed by atoms with Crippen LogP contribution in [0.25, 0.3) is 10.4 Å². The second-order valence-electron chi connectivity index (χ2n) is 5.40. The van der Waals surface area contributed by atoms with Crippen LogP contribution in [0, 0.1) is 0 Å². The lowest BCUT2D eigenvalue weighted by molar-refractivity contribution is 0.0290. The number of ether oxygens (including phenoxy) is 1. The summed E-state index contributed by atoms with van der Waals surface area (Å²) in [6, 6.07) is 10.9. The molecule has 2 N–H and O–H groups in total. The normalized spacial score (nSPS) is 16.0. The first-order chi connectivity index (χ1) is 12.7. The van der Waals surface area contributed by atoms with E-state index in [1.165, 1.54) is 18.3 Å². The van der Waals surface area contributed by atoms with Crippen LogP contribution < -0.4 is 10.2 Å². The summed E-state index contributed by atoms with van der Waals surface area (Å²) < 4.78 is 5.62. The molecule has 0 fully saturated rings. The Kier molecular flexibility index (Phi) is 4.34. The average molecular weight is 367 g/mol. The SMILES string of the molecule is O=C(O)c1ccc(OC2=CC(c3ccc(-c4cccnc4)s3)ON2)cn1. The zero-order valence-corrected chi connectivity index (χ0v) is 14.1. The fraction of sp³-hybridized carbons (Fsp3) is 0.0556. The van der Waals surface area contributed by atoms with Crippen LogP contribution in [0.1, 0.15) is 21.5 Å². The lowest BCUT2D eigenvalue weighted by atomic mass is 10.2. The van der Waals surface area contributed by atoms with Crippen molar-refractivity contribution in [2.45, 2.75) is 6.10 Å². The molecule has 0 saturated heterocycles. The molecule has 0 radical (unpaired) electrons. The van der Waals surface area contributed by atoms with Gasteiger partial charge in [-0.3, -0.25) is 9.82 Å². The van der Waals surface area contributed by atoms with Crippen molar-refractivity contribution in [1.29, 1.82) is 0 Å². The number of pyridine rings is 2. The molecule has 130 valence electrons. The fourth-order valence-corrected chi connectivity index (χ4v) is 3.38. The van der Waals surface area contributed by atoms with E-state index in [0.717, 1.165) is 15.3 Å². The van der Waals surface area contributed by atoms with E-state index < -0.39 is 5.97 Å². The molecule has 3 aromatic heterocycles. The highest BCUT2D eigenvalue weighted by atomic mass is 32.1. The smallest absolute Gasteiger partial charge is 0.354 e. The van der Waals surface area contributed by atoms with E-state index in [4.69, 9.17) is 14.7 Å². The second kappa shape index (κ2) is 6.95. The minimum Gasteiger partial charge on any atom is -0.477 e. The molecule has 0 bridgehead atoms. The Morgan fingerprint density at radius 1 is 1.23 bits per heavy atom. The van der Waals surface area contributed by atoms with Crippen molar-refractivity contribution in [3.63, 3.8) is 0 Å². The first kappa shape index (κ1) is 16.2. The molecule has 4 rings (SSSR count). The number of nitrogens with one attached hydrogen (secondary N) is 1. The lowest BCUT2D eigenvalue weighted by Gasteiger charge is -2.06. The first-order valence-electron chi connectivity index (χ1n) is 7.70. The van der Waals surface area contributed by atoms with E-state index in [2.05, 4.69) is 15.4 Å². The number of hydroxylamine groups is 1. The Labute approximate surface area is 152 Å². The van der Waals surface area contributed by atoms with Crippen molar-refractivity contribution < 1.29 is 19.5 Å². The Morgan fingerprint density at radius 2 is 2.15 bits per heavy atom. The maximum Gasteiger partial charge on any atom is 0.354 e. The average Bonchev–Trinajstić information content (AvgIpc) is 3.32. The number of carboxylic acids is 1. The summed E-state index contributed by atoms with van der Waals surface area (Å²) in [5, 5.41) is 8.86. The second-order valence-corrected chi connectivity index (χ2v) is 6.52. The molecule has 26 heavy (non-hydrogen) atoms. The third-order valence-corrected chi connectivity index (χ3v) is 4.82. The van der Waals surface area contributed by atoms with Crippen molar-refractivity contribution in [2.24, 2.45) is 0 Å². The summed E-state index contributed by atoms with van der Waals surface area (Å²) in [7, 11) is 0. The van der Waals surface area contributed by atoms with E-state index >= 15 is 0 Å². The molecule has 0 saturated carbocycles. The number of nitrogens with zero attached hydrogens (tertiary/aromatic N) is 2. The quantitative estimate of drug-likeness (QED) is 0.714. The van der Waals surface area contributed by atoms with E-state index in [0.29, 0.717) is 11.6 Å². The molecule has 0 amide bonds. The number of carboxylic acid groups (broad SMARTS) is 1. The van der Waals surface area contributed by atoms with Gasteiger partial charge in [-0.15, -0.1) is 11.3 Å². The largest absolute Gasteiger partial charge is 0.477 e. The van der Waals surface area contributed by atoms with E-state index in [1.807, 2.05) is 36.5 Å². The summed E-state index contributed by atoms with van der Waals surface area (Å²) >= 11 is 1.61. The third-order valence-electron chi connectivity index (χ3n) is 3.63. The number of carbonyl (C=O) groups is 1. The number of rotatable bonds is 5. The fourth-order valence-electron chi connectivity index (χ4n) is 2.39. The van der Waals surface area contributed by atoms with Crippen LogP contribution in [-0.2, 0) is 4.84 Å². The van der Waals surface area contributed by atoms with Crippen molar-refractivity contribution in [3.8, 4) is 16.2 Å². The van der Waals surface area contributed by atoms with Crippen molar-refractivity contribution >= 4 is 17.3 Å². The molecule has 1 aliphatic rings. The van der Waals surface area contributed by atoms with Crippen LogP contribution in [0.4, 0.5) is 0 Å². The van der Waals surface area contributed by atoms with Crippen LogP contribution in [0.15, 0.2) is 66.9 Å². The van der Waals surface area contributed by atoms with Gasteiger partial charge in [0, 0.05) is 33.8 Å². The summed E-state index contributed by atoms with van der Waals surface area (Å²) in [6.07, 6.45) is 6.45. The van der Waals surface area contributed by atoms with E-state index in [1.54, 1.807) is 17.5 Å². The minimum absolute atomic E-state index is 0.0404. The van der Waals surface area contributed by atoms with Crippen LogP contribution in [0.2, 0.25) is 0 Å². The van der Waals surface area contributed by atoms with E-state index in [9.17, 15) is 4.79 Å². The lowest BCUT2D eigenvalue weighted by Crippen LogP contribution is -2.12. The van der Waals surface area contributed by atoms with Gasteiger partial charge in [-0.25, -0.2) is 15.3 Å². The highest BCUT2D eigenvalue weighted by molar-refractivity contribution is 7.15. The Balaban J connectivity index is 1.46. The van der Waals surface area contributed by atoms with Gasteiger partial charge in [0.15, 0.2) is 0 Å². The molecule has 4 heterocycles. The maximum atomic E-state index is 10.8. The van der Waals surface area contributed by atoms with Crippen LogP contribution >= 0.6 is 11.3 Å². The van der Waals surface area contributed by atoms with Crippen molar-refractivity contribution in [1.82, 2.24) is 15.4 Å². The third kappa shape index (κ3) is 3.41. The molecule has 8 heteroatoms. The Hall–Kier alpha value is -3.23. The van der Waals surface area contributed by atoms with Gasteiger partial charge in [-0.2, -0.15) is 0 Å². The summed E-state index contributed by atoms with van der Waals surface area (Å²) in [4.78, 5) is 26.4. The molecule has 1 atom stereocenters. The van der Waals surface area contributed by atoms with Gasteiger partial charge in [0.05, 0.1) is 6.20 Å². The number of hydrogen-bond donors (Lipinski definition) is 2. The standard InChI is InChI=1S/C18H13N3O4S/c22-18(23)13-4-3-12(10-20-13)24-17-8-14(25-21-17)16-6-5-15(26-16)11-2-1-7-19-9-11/h1-10,14,21H,(H,22,23). The van der Waals surface area contributed by atoms with Crippen molar-refractivity contribution in [3.05, 3.63) is 77.5 Å². The molecule has 7 nitrogen and oxygen atoms in total. The number of aromatic carboxylic acids is 1. The molecule has 3 aromatic rings. The van der Waals surface area contributed by atoms with Gasteiger partial charge in [0.1, 0.15) is 17.5 Å². The summed E-state index contributed by atoms with van der Waals surface area (Å²) in [6.45, 7) is 0. The minimum atomic E-state index is -1.08. The maximum absolute atomic E-state index is 10.8. The molecular weight excluding hydrogens is 354 g/mol. The van der Waals surface area contributed by atoms with Gasteiger partial charge < -0.3 is 9.84 Å². The molecule has 1 unspecified atom stereocenters. The Morgan fingerprint density at radius 3 is 2.88 bits per heavy atom. The predicted octanol–water partition coefficient (Wildman–Crippen LogP) is 3.40. The van der Waals surface area contributed by atoms with Crippen LogP contribution in [-0.4, -0.2) is 21.0 Å². The zero-order chi connectivity index (χ0) is 17.9. The predicted molar refractivity (Wildman–Crippen MR) is 94.4 cm³/mol. The summed E-state index contributed by atoms with van der Waals surface area (Å²) in [5.41, 5.74) is 3.74. The molecule has 0 spiro atoms. The van der Waals surface area contributed by atoms with Gasteiger partial charge in [0.25, 0.3) is 0 Å². The van der Waals surface area contributed by atoms with Crippen molar-refractivity contribution in [2.75, 3.05) is 0 Å². The van der Waals surface area contributed by atoms with Gasteiger partial charge in [-0.05, 0) is 30.3 Å². The number of thiophene rings is 1. The molecule has 1 aliphatic heterocycles. The van der Waals surface area contributed by atoms with Crippen LogP contribution in [0.5, 0.6) is 5.75 Å². The van der Waals surface area contributed by atoms with Crippen LogP contribution in [0.3, 0.4) is 0 Å². The van der Waals surface area contributed by atoms with Gasteiger partial charge >= 0.3 is 5.97 Å². The first-order valence-corrected chi connectivity index (χ1v) is 8.51. The zero-order valence-electron chi connectivity index (χ0n) is 13.3. The monoisotopic (exact) mass is 367 g/mol. The van der Waals surface area contributed by atoms with Gasteiger partial charge in [-0.1, -0.05) is 6.07 Å². The Bertz CT molecular complexity index is 954. The highest BCUT2D eigenvalue weighted by Crippen LogP contribution is 2.35. The molecular formula is C18H13N3O4S. The highest BCUT2D eigenvalue weighted by Gasteiger charge is 2.22. The van der Waals surface area contributed by atoms with E-state index in [-0.39, 0.29) is 11.8 Å². The topological polar surface area (TPSA) is 93.6 Å². The number of aromatic nitrogens is 2. The molecule has 0 aromatic carbocycles. The summed E-state index contributed by atoms with van der Waals surface area (Å²) in [5.74, 6) is -0.239. The van der Waals surface area contributed by atoms with Gasteiger partial charge in [0.2, 0.25) is 5.88 Å². The number of hydrogen-bond acceptors (Lipinski definition) is 7.